The molecule has 0 aliphatic rings. The van der Waals surface area contributed by atoms with Crippen molar-refractivity contribution < 1.29 is 22.3 Å². The van der Waals surface area contributed by atoms with E-state index in [1.165, 1.54) is 6.20 Å². The molecule has 1 heterocycles. The lowest BCUT2D eigenvalue weighted by atomic mass is 10.2. The van der Waals surface area contributed by atoms with E-state index < -0.39 is 19.0 Å². The van der Waals surface area contributed by atoms with Crippen molar-refractivity contribution in [3.8, 4) is 5.88 Å². The SMILES string of the molecule is CNCc1cc(Br)cnc1OCC(F)(F)C(F)F. The van der Waals surface area contributed by atoms with Crippen LogP contribution in [-0.4, -0.2) is 31.0 Å². The molecule has 1 aromatic heterocycles. The molecule has 3 nitrogen and oxygen atoms in total. The number of hydrogen-bond donors (Lipinski definition) is 1. The second kappa shape index (κ2) is 6.33. The van der Waals surface area contributed by atoms with Crippen LogP contribution in [0.3, 0.4) is 0 Å². The summed E-state index contributed by atoms with van der Waals surface area (Å²) in [5, 5.41) is 2.80. The molecule has 0 aromatic carbocycles. The maximum atomic E-state index is 12.7. The zero-order valence-corrected chi connectivity index (χ0v) is 11.0. The lowest BCUT2D eigenvalue weighted by molar-refractivity contribution is -0.148. The molecule has 0 saturated carbocycles. The van der Waals surface area contributed by atoms with Gasteiger partial charge < -0.3 is 10.1 Å². The molecule has 8 heteroatoms. The van der Waals surface area contributed by atoms with Crippen LogP contribution in [0.2, 0.25) is 0 Å². The molecule has 102 valence electrons. The highest BCUT2D eigenvalue weighted by atomic mass is 79.9. The van der Waals surface area contributed by atoms with Gasteiger partial charge in [-0.25, -0.2) is 13.8 Å². The van der Waals surface area contributed by atoms with Gasteiger partial charge in [-0.3, -0.25) is 0 Å². The minimum Gasteiger partial charge on any atom is -0.471 e. The Bertz CT molecular complexity index is 403. The molecular formula is C10H11BrF4N2O. The van der Waals surface area contributed by atoms with Crippen molar-refractivity contribution in [1.29, 1.82) is 0 Å². The molecule has 18 heavy (non-hydrogen) atoms. The van der Waals surface area contributed by atoms with Gasteiger partial charge in [-0.1, -0.05) is 0 Å². The quantitative estimate of drug-likeness (QED) is 0.814. The van der Waals surface area contributed by atoms with Crippen molar-refractivity contribution in [2.45, 2.75) is 18.9 Å². The van der Waals surface area contributed by atoms with Crippen LogP contribution in [0.1, 0.15) is 5.56 Å². The minimum atomic E-state index is -4.19. The van der Waals surface area contributed by atoms with Gasteiger partial charge in [0, 0.05) is 22.8 Å². The average Bonchev–Trinajstić information content (AvgIpc) is 2.28. The summed E-state index contributed by atoms with van der Waals surface area (Å²) in [5.74, 6) is -4.28. The lowest BCUT2D eigenvalue weighted by Gasteiger charge is -2.17. The molecule has 1 rings (SSSR count). The first-order valence-corrected chi connectivity index (χ1v) is 5.74. The van der Waals surface area contributed by atoms with E-state index in [0.29, 0.717) is 16.6 Å². The predicted octanol–water partition coefficient (Wildman–Crippen LogP) is 2.84. The predicted molar refractivity (Wildman–Crippen MR) is 61.1 cm³/mol. The Morgan fingerprint density at radius 2 is 2.17 bits per heavy atom. The lowest BCUT2D eigenvalue weighted by Crippen LogP contribution is -2.34. The fraction of sp³-hybridized carbons (Fsp3) is 0.500. The van der Waals surface area contributed by atoms with Crippen LogP contribution in [0, 0.1) is 0 Å². The van der Waals surface area contributed by atoms with Crippen LogP contribution >= 0.6 is 15.9 Å². The van der Waals surface area contributed by atoms with Crippen LogP contribution in [-0.2, 0) is 6.54 Å². The molecule has 1 aromatic rings. The smallest absolute Gasteiger partial charge is 0.340 e. The molecule has 0 fully saturated rings. The molecule has 1 N–H and O–H groups in total. The van der Waals surface area contributed by atoms with E-state index in [-0.39, 0.29) is 5.88 Å². The van der Waals surface area contributed by atoms with Gasteiger partial charge in [-0.2, -0.15) is 8.78 Å². The maximum absolute atomic E-state index is 12.7. The standard InChI is InChI=1S/C10H11BrF4N2O/c1-16-3-6-2-7(11)4-17-8(6)18-5-10(14,15)9(12)13/h2,4,9,16H,3,5H2,1H3. The van der Waals surface area contributed by atoms with E-state index in [2.05, 4.69) is 31.0 Å². The summed E-state index contributed by atoms with van der Waals surface area (Å²) in [4.78, 5) is 3.77. The highest BCUT2D eigenvalue weighted by Gasteiger charge is 2.42. The van der Waals surface area contributed by atoms with Crippen molar-refractivity contribution in [2.24, 2.45) is 0 Å². The van der Waals surface area contributed by atoms with Gasteiger partial charge in [-0.15, -0.1) is 0 Å². The van der Waals surface area contributed by atoms with Crippen molar-refractivity contribution in [3.63, 3.8) is 0 Å². The number of alkyl halides is 4. The normalized spacial score (nSPS) is 11.9. The van der Waals surface area contributed by atoms with Gasteiger partial charge in [-0.05, 0) is 29.0 Å². The van der Waals surface area contributed by atoms with Crippen LogP contribution in [0.5, 0.6) is 5.88 Å². The fourth-order valence-corrected chi connectivity index (χ4v) is 1.52. The number of ether oxygens (including phenoxy) is 1. The van der Waals surface area contributed by atoms with Crippen LogP contribution < -0.4 is 10.1 Å². The summed E-state index contributed by atoms with van der Waals surface area (Å²) in [6.07, 6.45) is -2.42. The highest BCUT2D eigenvalue weighted by Crippen LogP contribution is 2.26. The highest BCUT2D eigenvalue weighted by molar-refractivity contribution is 9.10. The number of nitrogens with zero attached hydrogens (tertiary/aromatic N) is 1. The van der Waals surface area contributed by atoms with E-state index in [1.807, 2.05) is 0 Å². The van der Waals surface area contributed by atoms with Gasteiger partial charge in [0.15, 0.2) is 6.61 Å². The number of halogens is 5. The zero-order chi connectivity index (χ0) is 13.8. The summed E-state index contributed by atoms with van der Waals surface area (Å²) < 4.78 is 54.6. The van der Waals surface area contributed by atoms with E-state index in [1.54, 1.807) is 13.1 Å². The summed E-state index contributed by atoms with van der Waals surface area (Å²) in [6.45, 7) is -1.09. The number of pyridine rings is 1. The summed E-state index contributed by atoms with van der Waals surface area (Å²) >= 11 is 3.17. The molecule has 0 radical (unpaired) electrons. The Morgan fingerprint density at radius 3 is 2.72 bits per heavy atom. The summed E-state index contributed by atoms with van der Waals surface area (Å²) in [6, 6.07) is 1.61. The van der Waals surface area contributed by atoms with Gasteiger partial charge in [0.25, 0.3) is 0 Å². The monoisotopic (exact) mass is 330 g/mol. The van der Waals surface area contributed by atoms with Gasteiger partial charge in [0.2, 0.25) is 5.88 Å². The Morgan fingerprint density at radius 1 is 1.50 bits per heavy atom. The number of aromatic nitrogens is 1. The summed E-state index contributed by atoms with van der Waals surface area (Å²) in [7, 11) is 1.65. The third kappa shape index (κ3) is 4.09. The first-order chi connectivity index (χ1) is 8.36. The van der Waals surface area contributed by atoms with Crippen molar-refractivity contribution in [3.05, 3.63) is 22.3 Å². The van der Waals surface area contributed by atoms with Gasteiger partial charge in [0.05, 0.1) is 0 Å². The van der Waals surface area contributed by atoms with E-state index in [9.17, 15) is 17.6 Å². The summed E-state index contributed by atoms with van der Waals surface area (Å²) in [5.41, 5.74) is 0.497. The molecule has 0 bridgehead atoms. The molecular weight excluding hydrogens is 320 g/mol. The molecule has 0 aliphatic carbocycles. The third-order valence-corrected chi connectivity index (χ3v) is 2.41. The van der Waals surface area contributed by atoms with E-state index in [4.69, 9.17) is 0 Å². The second-order valence-electron chi connectivity index (χ2n) is 3.50. The van der Waals surface area contributed by atoms with Crippen molar-refractivity contribution >= 4 is 15.9 Å². The van der Waals surface area contributed by atoms with Crippen molar-refractivity contribution in [1.82, 2.24) is 10.3 Å². The first-order valence-electron chi connectivity index (χ1n) is 4.94. The Hall–Kier alpha value is -0.890. The first kappa shape index (κ1) is 15.2. The Labute approximate surface area is 110 Å². The Balaban J connectivity index is 2.78. The van der Waals surface area contributed by atoms with Crippen LogP contribution in [0.4, 0.5) is 17.6 Å². The molecule has 0 saturated heterocycles. The van der Waals surface area contributed by atoms with Crippen LogP contribution in [0.25, 0.3) is 0 Å². The molecule has 0 atom stereocenters. The number of nitrogens with one attached hydrogen (secondary N) is 1. The molecule has 0 unspecified atom stereocenters. The zero-order valence-electron chi connectivity index (χ0n) is 9.39. The van der Waals surface area contributed by atoms with Gasteiger partial charge in [0.1, 0.15) is 0 Å². The number of hydrogen-bond acceptors (Lipinski definition) is 3. The van der Waals surface area contributed by atoms with Crippen LogP contribution in [0.15, 0.2) is 16.7 Å². The number of rotatable bonds is 6. The molecule has 0 spiro atoms. The van der Waals surface area contributed by atoms with E-state index >= 15 is 0 Å². The Kier molecular flexibility index (Phi) is 5.33. The third-order valence-electron chi connectivity index (χ3n) is 1.98. The van der Waals surface area contributed by atoms with Gasteiger partial charge >= 0.3 is 12.3 Å². The molecule has 0 aliphatic heterocycles. The minimum absolute atomic E-state index is 0.0899. The second-order valence-corrected chi connectivity index (χ2v) is 4.41. The largest absolute Gasteiger partial charge is 0.471 e. The van der Waals surface area contributed by atoms with Crippen molar-refractivity contribution in [2.75, 3.05) is 13.7 Å². The fourth-order valence-electron chi connectivity index (χ4n) is 1.14. The van der Waals surface area contributed by atoms with E-state index in [0.717, 1.165) is 0 Å². The average molecular weight is 331 g/mol. The maximum Gasteiger partial charge on any atom is 0.340 e. The topological polar surface area (TPSA) is 34.2 Å². The molecule has 0 amide bonds.